The number of aliphatic hydroxyl groups is 1. The zero-order valence-corrected chi connectivity index (χ0v) is 12.7. The summed E-state index contributed by atoms with van der Waals surface area (Å²) in [7, 11) is -3.02. The van der Waals surface area contributed by atoms with E-state index in [0.717, 1.165) is 0 Å². The van der Waals surface area contributed by atoms with Crippen molar-refractivity contribution >= 4 is 25.3 Å². The predicted octanol–water partition coefficient (Wildman–Crippen LogP) is 1.87. The Morgan fingerprint density at radius 3 is 2.50 bits per heavy atom. The third kappa shape index (κ3) is 8.11. The van der Waals surface area contributed by atoms with Gasteiger partial charge < -0.3 is 14.4 Å². The third-order valence-electron chi connectivity index (χ3n) is 1.94. The maximum atomic E-state index is 11.9. The first-order valence-corrected chi connectivity index (χ1v) is 8.49. The fourth-order valence-electron chi connectivity index (χ4n) is 0.987. The lowest BCUT2D eigenvalue weighted by molar-refractivity contribution is -0.141. The fraction of sp³-hybridized carbons (Fsp3) is 0.900. The average Bonchev–Trinajstić information content (AvgIpc) is 2.33. The maximum absolute atomic E-state index is 11.9. The first-order valence-electron chi connectivity index (χ1n) is 5.71. The summed E-state index contributed by atoms with van der Waals surface area (Å²) in [4.78, 5) is 10.6. The Bertz CT molecular complexity index is 286. The highest BCUT2D eigenvalue weighted by Crippen LogP contribution is 2.48. The van der Waals surface area contributed by atoms with Gasteiger partial charge in [-0.15, -0.1) is 11.8 Å². The molecular weight excluding hydrogens is 279 g/mol. The summed E-state index contributed by atoms with van der Waals surface area (Å²) in [6.45, 7) is 5.06. The van der Waals surface area contributed by atoms with E-state index in [9.17, 15) is 9.36 Å². The molecule has 0 heterocycles. The van der Waals surface area contributed by atoms with Gasteiger partial charge in [-0.3, -0.25) is 13.9 Å². The highest BCUT2D eigenvalue weighted by molar-refractivity contribution is 7.99. The minimum Gasteiger partial charge on any atom is -0.465 e. The molecule has 0 aliphatic rings. The van der Waals surface area contributed by atoms with Crippen molar-refractivity contribution < 1.29 is 28.3 Å². The summed E-state index contributed by atoms with van der Waals surface area (Å²) >= 11 is 1.23. The largest absolute Gasteiger partial charge is 0.465 e. The number of thioether (sulfide) groups is 1. The van der Waals surface area contributed by atoms with Gasteiger partial charge in [0.05, 0.1) is 18.5 Å². The molecule has 0 bridgehead atoms. The first kappa shape index (κ1) is 17.9. The van der Waals surface area contributed by atoms with Gasteiger partial charge in [0.1, 0.15) is 12.5 Å². The summed E-state index contributed by atoms with van der Waals surface area (Å²) in [5.41, 5.74) is 0. The zero-order valence-electron chi connectivity index (χ0n) is 11.0. The molecule has 0 amide bonds. The van der Waals surface area contributed by atoms with Crippen LogP contribution in [0.3, 0.4) is 0 Å². The molecule has 0 aromatic carbocycles. The highest BCUT2D eigenvalue weighted by Gasteiger charge is 2.22. The van der Waals surface area contributed by atoms with Crippen molar-refractivity contribution in [2.75, 3.05) is 31.9 Å². The normalized spacial score (nSPS) is 16.0. The summed E-state index contributed by atoms with van der Waals surface area (Å²) in [5.74, 6) is -0.277. The summed E-state index contributed by atoms with van der Waals surface area (Å²) in [6.07, 6.45) is 0.301. The Hall–Kier alpha value is -0.0700. The van der Waals surface area contributed by atoms with E-state index in [1.54, 1.807) is 13.8 Å². The van der Waals surface area contributed by atoms with Crippen molar-refractivity contribution in [1.29, 1.82) is 0 Å². The number of carbonyl (C=O) groups is 1. The van der Waals surface area contributed by atoms with Crippen LogP contribution in [0.1, 0.15) is 20.8 Å². The second-order valence-electron chi connectivity index (χ2n) is 3.37. The quantitative estimate of drug-likeness (QED) is 0.374. The minimum absolute atomic E-state index is 0.102. The Morgan fingerprint density at radius 1 is 1.39 bits per heavy atom. The molecule has 0 rings (SSSR count). The van der Waals surface area contributed by atoms with Crippen LogP contribution in [0.15, 0.2) is 0 Å². The SMILES string of the molecule is CCOP(=O)(CC)OCSC(CO)COC(C)=O. The van der Waals surface area contributed by atoms with Crippen LogP contribution in [0, 0.1) is 0 Å². The van der Waals surface area contributed by atoms with Gasteiger partial charge in [-0.1, -0.05) is 6.92 Å². The lowest BCUT2D eigenvalue weighted by Gasteiger charge is -2.18. The van der Waals surface area contributed by atoms with Gasteiger partial charge in [0.2, 0.25) is 0 Å². The van der Waals surface area contributed by atoms with Crippen LogP contribution in [0.4, 0.5) is 0 Å². The Labute approximate surface area is 112 Å². The lowest BCUT2D eigenvalue weighted by Crippen LogP contribution is -2.19. The number of hydrogen-bond acceptors (Lipinski definition) is 7. The smallest absolute Gasteiger partial charge is 0.331 e. The number of esters is 1. The molecule has 1 N–H and O–H groups in total. The van der Waals surface area contributed by atoms with Gasteiger partial charge >= 0.3 is 13.6 Å². The van der Waals surface area contributed by atoms with Crippen LogP contribution in [0.25, 0.3) is 0 Å². The molecule has 0 spiro atoms. The number of rotatable bonds is 10. The van der Waals surface area contributed by atoms with E-state index in [1.165, 1.54) is 18.7 Å². The molecule has 0 fully saturated rings. The molecule has 0 saturated carbocycles. The summed E-state index contributed by atoms with van der Waals surface area (Å²) in [6, 6.07) is 0. The standard InChI is InChI=1S/C10H21O6PS/c1-4-15-17(13,5-2)16-8-18-10(6-11)7-14-9(3)12/h10-11H,4-8H2,1-3H3. The van der Waals surface area contributed by atoms with Crippen LogP contribution in [-0.2, 0) is 23.1 Å². The molecule has 0 aliphatic carbocycles. The Kier molecular flexibility index (Phi) is 9.77. The average molecular weight is 300 g/mol. The van der Waals surface area contributed by atoms with E-state index in [1.807, 2.05) is 0 Å². The van der Waals surface area contributed by atoms with Crippen LogP contribution < -0.4 is 0 Å². The number of hydrogen-bond donors (Lipinski definition) is 1. The number of ether oxygens (including phenoxy) is 1. The van der Waals surface area contributed by atoms with E-state index in [0.29, 0.717) is 12.8 Å². The molecule has 0 aliphatic heterocycles. The van der Waals surface area contributed by atoms with Crippen LogP contribution in [0.2, 0.25) is 0 Å². The molecule has 2 unspecified atom stereocenters. The van der Waals surface area contributed by atoms with Gasteiger partial charge in [0.25, 0.3) is 0 Å². The van der Waals surface area contributed by atoms with Crippen molar-refractivity contribution in [3.8, 4) is 0 Å². The van der Waals surface area contributed by atoms with Crippen molar-refractivity contribution in [1.82, 2.24) is 0 Å². The zero-order chi connectivity index (χ0) is 14.0. The number of aliphatic hydroxyl groups excluding tert-OH is 1. The molecule has 0 saturated heterocycles. The van der Waals surface area contributed by atoms with Crippen molar-refractivity contribution in [2.45, 2.75) is 26.0 Å². The Balaban J connectivity index is 3.98. The highest BCUT2D eigenvalue weighted by atomic mass is 32.2. The predicted molar refractivity (Wildman–Crippen MR) is 70.8 cm³/mol. The third-order valence-corrected chi connectivity index (χ3v) is 5.08. The molecule has 108 valence electrons. The van der Waals surface area contributed by atoms with Crippen molar-refractivity contribution in [3.05, 3.63) is 0 Å². The molecule has 2 atom stereocenters. The second-order valence-corrected chi connectivity index (χ2v) is 6.97. The minimum atomic E-state index is -3.02. The number of carbonyl (C=O) groups excluding carboxylic acids is 1. The van der Waals surface area contributed by atoms with E-state index < -0.39 is 13.6 Å². The lowest BCUT2D eigenvalue weighted by atomic mass is 10.5. The van der Waals surface area contributed by atoms with Crippen LogP contribution in [0.5, 0.6) is 0 Å². The van der Waals surface area contributed by atoms with Crippen LogP contribution >= 0.6 is 19.4 Å². The van der Waals surface area contributed by atoms with Crippen LogP contribution in [-0.4, -0.2) is 48.2 Å². The van der Waals surface area contributed by atoms with Gasteiger partial charge in [0.15, 0.2) is 0 Å². The monoisotopic (exact) mass is 300 g/mol. The van der Waals surface area contributed by atoms with Gasteiger partial charge in [0, 0.05) is 13.1 Å². The van der Waals surface area contributed by atoms with E-state index in [-0.39, 0.29) is 24.4 Å². The molecule has 0 aromatic rings. The molecule has 18 heavy (non-hydrogen) atoms. The van der Waals surface area contributed by atoms with Gasteiger partial charge in [-0.05, 0) is 6.92 Å². The summed E-state index contributed by atoms with van der Waals surface area (Å²) in [5, 5.41) is 8.77. The van der Waals surface area contributed by atoms with E-state index >= 15 is 0 Å². The summed E-state index contributed by atoms with van der Waals surface area (Å²) < 4.78 is 27.0. The molecule has 8 heteroatoms. The molecule has 0 radical (unpaired) electrons. The molecular formula is C10H21O6PS. The molecule has 6 nitrogen and oxygen atoms in total. The molecule has 0 aromatic heterocycles. The first-order chi connectivity index (χ1) is 8.47. The van der Waals surface area contributed by atoms with Gasteiger partial charge in [-0.2, -0.15) is 0 Å². The van der Waals surface area contributed by atoms with Crippen molar-refractivity contribution in [2.24, 2.45) is 0 Å². The van der Waals surface area contributed by atoms with E-state index in [2.05, 4.69) is 0 Å². The Morgan fingerprint density at radius 2 is 2.06 bits per heavy atom. The maximum Gasteiger partial charge on any atom is 0.331 e. The second kappa shape index (κ2) is 9.81. The van der Waals surface area contributed by atoms with Gasteiger partial charge in [-0.25, -0.2) is 0 Å². The van der Waals surface area contributed by atoms with E-state index in [4.69, 9.17) is 18.9 Å². The topological polar surface area (TPSA) is 82.1 Å². The fourth-order valence-corrected chi connectivity index (χ4v) is 3.17. The van der Waals surface area contributed by atoms with Crippen molar-refractivity contribution in [3.63, 3.8) is 0 Å².